The fourth-order valence-corrected chi connectivity index (χ4v) is 3.19. The Labute approximate surface area is 154 Å². The van der Waals surface area contributed by atoms with E-state index in [2.05, 4.69) is 5.32 Å². The van der Waals surface area contributed by atoms with Gasteiger partial charge in [-0.3, -0.25) is 4.79 Å². The van der Waals surface area contributed by atoms with Gasteiger partial charge in [-0.05, 0) is 57.2 Å². The number of carbonyl (C=O) groups excluding carboxylic acids is 1. The molecule has 138 valence electrons. The number of carbonyl (C=O) groups is 1. The minimum atomic E-state index is -0.298. The number of nitrogens with zero attached hydrogens (tertiary/aromatic N) is 1. The van der Waals surface area contributed by atoms with Crippen LogP contribution < -0.4 is 10.1 Å². The van der Waals surface area contributed by atoms with Crippen molar-refractivity contribution in [3.8, 4) is 11.5 Å². The van der Waals surface area contributed by atoms with Crippen LogP contribution in [0.25, 0.3) is 0 Å². The van der Waals surface area contributed by atoms with Gasteiger partial charge in [0, 0.05) is 18.8 Å². The average molecular weight is 354 g/mol. The second-order valence-electron chi connectivity index (χ2n) is 6.81. The highest BCUT2D eigenvalue weighted by molar-refractivity contribution is 5.84. The molecule has 0 bridgehead atoms. The van der Waals surface area contributed by atoms with E-state index < -0.39 is 0 Å². The Balaban J connectivity index is 1.57. The van der Waals surface area contributed by atoms with Crippen LogP contribution in [0.1, 0.15) is 20.8 Å². The van der Waals surface area contributed by atoms with Crippen molar-refractivity contribution < 1.29 is 14.3 Å². The summed E-state index contributed by atoms with van der Waals surface area (Å²) in [5.41, 5.74) is 0.889. The minimum Gasteiger partial charge on any atom is -0.457 e. The zero-order valence-electron chi connectivity index (χ0n) is 15.5. The summed E-state index contributed by atoms with van der Waals surface area (Å²) in [6, 6.07) is 17.0. The lowest BCUT2D eigenvalue weighted by atomic mass is 10.2. The van der Waals surface area contributed by atoms with Gasteiger partial charge in [0.15, 0.2) is 0 Å². The zero-order chi connectivity index (χ0) is 18.5. The summed E-state index contributed by atoms with van der Waals surface area (Å²) in [5.74, 6) is 1.65. The monoisotopic (exact) mass is 354 g/mol. The van der Waals surface area contributed by atoms with E-state index in [1.165, 1.54) is 0 Å². The molecule has 0 saturated carbocycles. The van der Waals surface area contributed by atoms with Crippen molar-refractivity contribution >= 4 is 11.6 Å². The standard InChI is InChI=1S/C21H26N2O3/c1-15-13-23(14-16(2)25-15)21(24)17(3)22-18-9-11-20(12-10-18)26-19-7-5-4-6-8-19/h4-12,15-17,22H,13-14H2,1-3H3. The zero-order valence-corrected chi connectivity index (χ0v) is 15.5. The lowest BCUT2D eigenvalue weighted by Crippen LogP contribution is -2.52. The van der Waals surface area contributed by atoms with E-state index in [1.54, 1.807) is 0 Å². The maximum atomic E-state index is 12.7. The molecule has 26 heavy (non-hydrogen) atoms. The average Bonchev–Trinajstić information content (AvgIpc) is 2.63. The molecule has 1 amide bonds. The van der Waals surface area contributed by atoms with Gasteiger partial charge in [-0.15, -0.1) is 0 Å². The van der Waals surface area contributed by atoms with Crippen LogP contribution in [0.15, 0.2) is 54.6 Å². The molecule has 3 rings (SSSR count). The van der Waals surface area contributed by atoms with Gasteiger partial charge in [0.25, 0.3) is 0 Å². The van der Waals surface area contributed by atoms with E-state index in [0.717, 1.165) is 17.2 Å². The molecular weight excluding hydrogens is 328 g/mol. The number of benzene rings is 2. The van der Waals surface area contributed by atoms with E-state index in [0.29, 0.717) is 13.1 Å². The van der Waals surface area contributed by atoms with E-state index >= 15 is 0 Å². The van der Waals surface area contributed by atoms with Crippen molar-refractivity contribution in [3.05, 3.63) is 54.6 Å². The Morgan fingerprint density at radius 3 is 2.23 bits per heavy atom. The summed E-state index contributed by atoms with van der Waals surface area (Å²) in [4.78, 5) is 14.6. The smallest absolute Gasteiger partial charge is 0.244 e. The first-order valence-corrected chi connectivity index (χ1v) is 9.05. The van der Waals surface area contributed by atoms with Crippen LogP contribution in [0.2, 0.25) is 0 Å². The second-order valence-corrected chi connectivity index (χ2v) is 6.81. The third-order valence-corrected chi connectivity index (χ3v) is 4.32. The predicted octanol–water partition coefficient (Wildman–Crippen LogP) is 3.92. The summed E-state index contributed by atoms with van der Waals surface area (Å²) in [6.45, 7) is 7.17. The van der Waals surface area contributed by atoms with Crippen molar-refractivity contribution in [3.63, 3.8) is 0 Å². The van der Waals surface area contributed by atoms with Gasteiger partial charge in [0.05, 0.1) is 12.2 Å². The predicted molar refractivity (Wildman–Crippen MR) is 103 cm³/mol. The number of hydrogen-bond donors (Lipinski definition) is 1. The van der Waals surface area contributed by atoms with Gasteiger partial charge in [-0.2, -0.15) is 0 Å². The lowest BCUT2D eigenvalue weighted by Gasteiger charge is -2.36. The molecule has 3 atom stereocenters. The van der Waals surface area contributed by atoms with Crippen LogP contribution in [0.4, 0.5) is 5.69 Å². The number of ether oxygens (including phenoxy) is 2. The quantitative estimate of drug-likeness (QED) is 0.884. The maximum absolute atomic E-state index is 12.7. The summed E-state index contributed by atoms with van der Waals surface area (Å²) in [7, 11) is 0. The minimum absolute atomic E-state index is 0.0734. The van der Waals surface area contributed by atoms with Gasteiger partial charge >= 0.3 is 0 Å². The largest absolute Gasteiger partial charge is 0.457 e. The molecule has 1 N–H and O–H groups in total. The maximum Gasteiger partial charge on any atom is 0.244 e. The number of nitrogens with one attached hydrogen (secondary N) is 1. The van der Waals surface area contributed by atoms with Crippen LogP contribution in [0.5, 0.6) is 11.5 Å². The molecule has 0 spiro atoms. The van der Waals surface area contributed by atoms with Crippen LogP contribution in [0.3, 0.4) is 0 Å². The first-order valence-electron chi connectivity index (χ1n) is 9.05. The highest BCUT2D eigenvalue weighted by Crippen LogP contribution is 2.23. The Kier molecular flexibility index (Phi) is 5.78. The first kappa shape index (κ1) is 18.3. The number of hydrogen-bond acceptors (Lipinski definition) is 4. The molecule has 0 radical (unpaired) electrons. The Bertz CT molecular complexity index is 708. The molecule has 0 aromatic heterocycles. The number of para-hydroxylation sites is 1. The summed E-state index contributed by atoms with van der Waals surface area (Å²) in [5, 5.41) is 3.27. The summed E-state index contributed by atoms with van der Waals surface area (Å²) in [6.07, 6.45) is 0.147. The van der Waals surface area contributed by atoms with Gasteiger partial charge in [0.1, 0.15) is 17.5 Å². The fourth-order valence-electron chi connectivity index (χ4n) is 3.19. The molecule has 1 heterocycles. The van der Waals surface area contributed by atoms with Crippen molar-refractivity contribution in [1.82, 2.24) is 4.90 Å². The van der Waals surface area contributed by atoms with Crippen LogP contribution in [-0.2, 0) is 9.53 Å². The van der Waals surface area contributed by atoms with Gasteiger partial charge in [-0.1, -0.05) is 18.2 Å². The normalized spacial score (nSPS) is 21.1. The Hall–Kier alpha value is -2.53. The van der Waals surface area contributed by atoms with Crippen molar-refractivity contribution in [2.45, 2.75) is 39.0 Å². The van der Waals surface area contributed by atoms with Crippen molar-refractivity contribution in [2.24, 2.45) is 0 Å². The molecule has 2 aromatic carbocycles. The van der Waals surface area contributed by atoms with Crippen molar-refractivity contribution in [2.75, 3.05) is 18.4 Å². The topological polar surface area (TPSA) is 50.8 Å². The number of amides is 1. The Morgan fingerprint density at radius 2 is 1.62 bits per heavy atom. The van der Waals surface area contributed by atoms with E-state index in [4.69, 9.17) is 9.47 Å². The molecule has 1 saturated heterocycles. The van der Waals surface area contributed by atoms with Crippen LogP contribution >= 0.6 is 0 Å². The lowest BCUT2D eigenvalue weighted by molar-refractivity contribution is -0.143. The van der Waals surface area contributed by atoms with Crippen LogP contribution in [-0.4, -0.2) is 42.1 Å². The van der Waals surface area contributed by atoms with Gasteiger partial charge < -0.3 is 19.7 Å². The third kappa shape index (κ3) is 4.76. The van der Waals surface area contributed by atoms with E-state index in [-0.39, 0.29) is 24.2 Å². The van der Waals surface area contributed by atoms with Crippen molar-refractivity contribution in [1.29, 1.82) is 0 Å². The molecule has 0 aliphatic carbocycles. The SMILES string of the molecule is CC1CN(C(=O)C(C)Nc2ccc(Oc3ccccc3)cc2)CC(C)O1. The number of morpholine rings is 1. The molecular formula is C21H26N2O3. The Morgan fingerprint density at radius 1 is 1.04 bits per heavy atom. The molecule has 5 heteroatoms. The van der Waals surface area contributed by atoms with E-state index in [9.17, 15) is 4.79 Å². The molecule has 5 nitrogen and oxygen atoms in total. The number of anilines is 1. The molecule has 1 aliphatic rings. The van der Waals surface area contributed by atoms with Gasteiger partial charge in [-0.25, -0.2) is 0 Å². The summed E-state index contributed by atoms with van der Waals surface area (Å²) < 4.78 is 11.5. The van der Waals surface area contributed by atoms with E-state index in [1.807, 2.05) is 80.3 Å². The first-order chi connectivity index (χ1) is 12.5. The number of rotatable bonds is 5. The van der Waals surface area contributed by atoms with Crippen LogP contribution in [0, 0.1) is 0 Å². The molecule has 1 fully saturated rings. The highest BCUT2D eigenvalue weighted by Gasteiger charge is 2.28. The molecule has 1 aliphatic heterocycles. The fraction of sp³-hybridized carbons (Fsp3) is 0.381. The highest BCUT2D eigenvalue weighted by atomic mass is 16.5. The molecule has 3 unspecified atom stereocenters. The molecule has 2 aromatic rings. The second kappa shape index (κ2) is 8.23. The summed E-state index contributed by atoms with van der Waals surface area (Å²) >= 11 is 0. The third-order valence-electron chi connectivity index (χ3n) is 4.32. The van der Waals surface area contributed by atoms with Gasteiger partial charge in [0.2, 0.25) is 5.91 Å².